The van der Waals surface area contributed by atoms with E-state index in [4.69, 9.17) is 5.26 Å². The average molecular weight is 478 g/mol. The molecular formula is C13H7Br2IN2. The molecule has 0 bridgehead atoms. The summed E-state index contributed by atoms with van der Waals surface area (Å²) in [5.41, 5.74) is 2.37. The third kappa shape index (κ3) is 3.25. The molecule has 0 saturated heterocycles. The van der Waals surface area contributed by atoms with E-state index in [-0.39, 0.29) is 0 Å². The van der Waals surface area contributed by atoms with Gasteiger partial charge in [0.2, 0.25) is 0 Å². The van der Waals surface area contributed by atoms with E-state index in [1.165, 1.54) is 0 Å². The Kier molecular flexibility index (Phi) is 4.65. The van der Waals surface area contributed by atoms with E-state index in [2.05, 4.69) is 65.8 Å². The van der Waals surface area contributed by atoms with Gasteiger partial charge in [0.25, 0.3) is 0 Å². The third-order valence-electron chi connectivity index (χ3n) is 2.30. The van der Waals surface area contributed by atoms with Crippen molar-refractivity contribution in [1.29, 1.82) is 5.26 Å². The van der Waals surface area contributed by atoms with Gasteiger partial charge in [-0.3, -0.25) is 0 Å². The van der Waals surface area contributed by atoms with Crippen LogP contribution in [0.25, 0.3) is 0 Å². The summed E-state index contributed by atoms with van der Waals surface area (Å²) in [4.78, 5) is 0. The Balaban J connectivity index is 2.36. The first-order chi connectivity index (χ1) is 8.60. The normalized spacial score (nSPS) is 9.89. The van der Waals surface area contributed by atoms with Crippen molar-refractivity contribution in [2.45, 2.75) is 0 Å². The molecule has 18 heavy (non-hydrogen) atoms. The molecule has 0 unspecified atom stereocenters. The molecule has 90 valence electrons. The van der Waals surface area contributed by atoms with Crippen LogP contribution in [0.15, 0.2) is 45.3 Å². The summed E-state index contributed by atoms with van der Waals surface area (Å²) < 4.78 is 3.12. The highest BCUT2D eigenvalue weighted by Gasteiger charge is 2.04. The lowest BCUT2D eigenvalue weighted by Gasteiger charge is -2.09. The van der Waals surface area contributed by atoms with E-state index in [1.807, 2.05) is 30.3 Å². The van der Waals surface area contributed by atoms with Crippen LogP contribution in [0.5, 0.6) is 0 Å². The van der Waals surface area contributed by atoms with Crippen LogP contribution in [-0.2, 0) is 0 Å². The quantitative estimate of drug-likeness (QED) is 0.585. The minimum Gasteiger partial charge on any atom is -0.354 e. The van der Waals surface area contributed by atoms with Gasteiger partial charge in [-0.15, -0.1) is 0 Å². The van der Waals surface area contributed by atoms with Crippen molar-refractivity contribution in [3.8, 4) is 6.07 Å². The van der Waals surface area contributed by atoms with Crippen molar-refractivity contribution in [2.75, 3.05) is 5.32 Å². The van der Waals surface area contributed by atoms with E-state index >= 15 is 0 Å². The molecule has 2 aromatic carbocycles. The van der Waals surface area contributed by atoms with Gasteiger partial charge in [-0.1, -0.05) is 15.9 Å². The lowest BCUT2D eigenvalue weighted by molar-refractivity contribution is 1.44. The van der Waals surface area contributed by atoms with Crippen molar-refractivity contribution in [2.24, 2.45) is 0 Å². The van der Waals surface area contributed by atoms with Gasteiger partial charge >= 0.3 is 0 Å². The van der Waals surface area contributed by atoms with Crippen LogP contribution in [-0.4, -0.2) is 0 Å². The molecule has 0 amide bonds. The Hall–Kier alpha value is -0.580. The largest absolute Gasteiger partial charge is 0.354 e. The van der Waals surface area contributed by atoms with E-state index in [0.717, 1.165) is 23.9 Å². The van der Waals surface area contributed by atoms with E-state index in [1.54, 1.807) is 6.07 Å². The molecule has 0 saturated carbocycles. The summed E-state index contributed by atoms with van der Waals surface area (Å²) in [6, 6.07) is 13.7. The highest BCUT2D eigenvalue weighted by molar-refractivity contribution is 14.1. The summed E-state index contributed by atoms with van der Waals surface area (Å²) in [6.45, 7) is 0. The number of benzene rings is 2. The van der Waals surface area contributed by atoms with Crippen molar-refractivity contribution in [3.05, 3.63) is 54.5 Å². The summed E-state index contributed by atoms with van der Waals surface area (Å²) in [7, 11) is 0. The molecule has 0 aliphatic rings. The summed E-state index contributed by atoms with van der Waals surface area (Å²) in [6.07, 6.45) is 0. The zero-order valence-electron chi connectivity index (χ0n) is 9.05. The summed E-state index contributed by atoms with van der Waals surface area (Å²) >= 11 is 9.12. The number of nitrogens with one attached hydrogen (secondary N) is 1. The lowest BCUT2D eigenvalue weighted by Crippen LogP contribution is -1.94. The standard InChI is InChI=1S/C13H7Br2IN2/c14-9-2-1-8(7-17)13(5-9)18-10-3-4-11(15)12(16)6-10/h1-6,18H. The Morgan fingerprint density at radius 3 is 2.56 bits per heavy atom. The molecule has 0 heterocycles. The summed E-state index contributed by atoms with van der Waals surface area (Å²) in [5, 5.41) is 12.3. The van der Waals surface area contributed by atoms with Gasteiger partial charge in [-0.2, -0.15) is 5.26 Å². The Labute approximate surface area is 136 Å². The molecule has 5 heteroatoms. The molecule has 0 aromatic heterocycles. The molecule has 0 atom stereocenters. The zero-order chi connectivity index (χ0) is 13.1. The fourth-order valence-corrected chi connectivity index (χ4v) is 2.57. The molecule has 2 nitrogen and oxygen atoms in total. The maximum Gasteiger partial charge on any atom is 0.101 e. The smallest absolute Gasteiger partial charge is 0.101 e. The first-order valence-electron chi connectivity index (χ1n) is 5.02. The van der Waals surface area contributed by atoms with Gasteiger partial charge in [0.05, 0.1) is 11.3 Å². The van der Waals surface area contributed by atoms with Gasteiger partial charge < -0.3 is 5.32 Å². The molecule has 2 aromatic rings. The Morgan fingerprint density at radius 2 is 1.89 bits per heavy atom. The maximum atomic E-state index is 9.07. The predicted molar refractivity (Wildman–Crippen MR) is 89.0 cm³/mol. The number of halogens is 3. The number of anilines is 2. The average Bonchev–Trinajstić information content (AvgIpc) is 2.34. The highest BCUT2D eigenvalue weighted by Crippen LogP contribution is 2.27. The van der Waals surface area contributed by atoms with Gasteiger partial charge in [-0.05, 0) is 74.9 Å². The zero-order valence-corrected chi connectivity index (χ0v) is 14.4. The number of nitrogens with zero attached hydrogens (tertiary/aromatic N) is 1. The monoisotopic (exact) mass is 476 g/mol. The second kappa shape index (κ2) is 6.04. The van der Waals surface area contributed by atoms with Crippen LogP contribution in [0, 0.1) is 14.9 Å². The van der Waals surface area contributed by atoms with E-state index in [9.17, 15) is 0 Å². The first kappa shape index (κ1) is 13.8. The Bertz CT molecular complexity index is 635. The highest BCUT2D eigenvalue weighted by atomic mass is 127. The fourth-order valence-electron chi connectivity index (χ4n) is 1.45. The fraction of sp³-hybridized carbons (Fsp3) is 0. The number of hydrogen-bond acceptors (Lipinski definition) is 2. The van der Waals surface area contributed by atoms with Gasteiger partial charge in [0.15, 0.2) is 0 Å². The lowest BCUT2D eigenvalue weighted by atomic mass is 10.2. The SMILES string of the molecule is N#Cc1ccc(Br)cc1Nc1ccc(Br)c(I)c1. The number of rotatable bonds is 2. The molecule has 2 rings (SSSR count). The maximum absolute atomic E-state index is 9.07. The molecule has 0 spiro atoms. The second-order valence-corrected chi connectivity index (χ2v) is 6.49. The van der Waals surface area contributed by atoms with E-state index < -0.39 is 0 Å². The summed E-state index contributed by atoms with van der Waals surface area (Å²) in [5.74, 6) is 0. The van der Waals surface area contributed by atoms with Crippen molar-refractivity contribution < 1.29 is 0 Å². The minimum absolute atomic E-state index is 0.621. The molecule has 1 N–H and O–H groups in total. The molecule has 0 radical (unpaired) electrons. The second-order valence-electron chi connectivity index (χ2n) is 3.56. The minimum atomic E-state index is 0.621. The third-order valence-corrected chi connectivity index (χ3v) is 5.12. The Morgan fingerprint density at radius 1 is 1.11 bits per heavy atom. The van der Waals surface area contributed by atoms with E-state index in [0.29, 0.717) is 5.56 Å². The molecular weight excluding hydrogens is 471 g/mol. The van der Waals surface area contributed by atoms with Gasteiger partial charge in [0, 0.05) is 18.2 Å². The number of hydrogen-bond donors (Lipinski definition) is 1. The van der Waals surface area contributed by atoms with Crippen LogP contribution in [0.1, 0.15) is 5.56 Å². The first-order valence-corrected chi connectivity index (χ1v) is 7.68. The molecule has 0 aliphatic heterocycles. The topological polar surface area (TPSA) is 35.8 Å². The van der Waals surface area contributed by atoms with Crippen LogP contribution >= 0.6 is 54.5 Å². The van der Waals surface area contributed by atoms with Gasteiger partial charge in [-0.25, -0.2) is 0 Å². The van der Waals surface area contributed by atoms with Gasteiger partial charge in [0.1, 0.15) is 6.07 Å². The van der Waals surface area contributed by atoms with Crippen LogP contribution < -0.4 is 5.32 Å². The van der Waals surface area contributed by atoms with Crippen LogP contribution in [0.3, 0.4) is 0 Å². The van der Waals surface area contributed by atoms with Crippen molar-refractivity contribution >= 4 is 65.8 Å². The predicted octanol–water partition coefficient (Wildman–Crippen LogP) is 5.43. The van der Waals surface area contributed by atoms with Crippen LogP contribution in [0.2, 0.25) is 0 Å². The number of nitriles is 1. The molecule has 0 fully saturated rings. The van der Waals surface area contributed by atoms with Crippen molar-refractivity contribution in [3.63, 3.8) is 0 Å². The van der Waals surface area contributed by atoms with Crippen LogP contribution in [0.4, 0.5) is 11.4 Å². The molecule has 0 aliphatic carbocycles. The van der Waals surface area contributed by atoms with Crippen molar-refractivity contribution in [1.82, 2.24) is 0 Å².